The van der Waals surface area contributed by atoms with Crippen molar-refractivity contribution in [1.82, 2.24) is 0 Å². The van der Waals surface area contributed by atoms with Gasteiger partial charge in [-0.2, -0.15) is 8.78 Å². The summed E-state index contributed by atoms with van der Waals surface area (Å²) in [5, 5.41) is 0. The van der Waals surface area contributed by atoms with Crippen LogP contribution in [0.15, 0.2) is 225 Å². The summed E-state index contributed by atoms with van der Waals surface area (Å²) in [5.41, 5.74) is 12.2. The molecule has 10 aromatic carbocycles. The quantitative estimate of drug-likeness (QED) is 0.0298. The number of aryl methyl sites for hydroxylation is 5. The molecule has 4 aliphatic carbocycles. The molecule has 0 aliphatic heterocycles. The van der Waals surface area contributed by atoms with Crippen LogP contribution < -0.4 is 4.74 Å². The van der Waals surface area contributed by atoms with E-state index in [1.54, 1.807) is 25.0 Å². The third-order valence-corrected chi connectivity index (χ3v) is 25.8. The smallest absolute Gasteiger partial charge is 0.429 e. The van der Waals surface area contributed by atoms with Crippen molar-refractivity contribution in [3.8, 4) is 72.5 Å². The summed E-state index contributed by atoms with van der Waals surface area (Å²) < 4.78 is 146. The van der Waals surface area contributed by atoms with Crippen LogP contribution in [0.5, 0.6) is 5.75 Å². The molecule has 0 bridgehead atoms. The van der Waals surface area contributed by atoms with Gasteiger partial charge in [0.1, 0.15) is 40.4 Å². The van der Waals surface area contributed by atoms with Crippen LogP contribution in [-0.4, -0.2) is 0 Å². The van der Waals surface area contributed by atoms with Gasteiger partial charge in [0.15, 0.2) is 17.5 Å². The van der Waals surface area contributed by atoms with Gasteiger partial charge in [-0.25, -0.2) is 35.1 Å². The van der Waals surface area contributed by atoms with Crippen LogP contribution in [0.1, 0.15) is 243 Å². The van der Waals surface area contributed by atoms with Gasteiger partial charge >= 0.3 is 6.11 Å². The third-order valence-electron chi connectivity index (χ3n) is 25.8. The van der Waals surface area contributed by atoms with Gasteiger partial charge in [-0.05, 0) is 278 Å². The molecule has 4 fully saturated rings. The number of allylic oxidation sites excluding steroid dienone is 3. The summed E-state index contributed by atoms with van der Waals surface area (Å²) in [7, 11) is 0. The molecule has 0 atom stereocenters. The molecule has 11 heteroatoms. The van der Waals surface area contributed by atoms with Crippen LogP contribution in [0.4, 0.5) is 43.9 Å². The molecule has 644 valence electrons. The van der Waals surface area contributed by atoms with Gasteiger partial charge in [0.25, 0.3) is 0 Å². The van der Waals surface area contributed by atoms with Crippen LogP contribution in [0.3, 0.4) is 0 Å². The lowest BCUT2D eigenvalue weighted by Crippen LogP contribution is -2.25. The second-order valence-corrected chi connectivity index (χ2v) is 34.3. The molecular formula is C110H128F10O. The summed E-state index contributed by atoms with van der Waals surface area (Å²) in [6, 6.07) is 56.8. The first kappa shape index (κ1) is 94.0. The summed E-state index contributed by atoms with van der Waals surface area (Å²) in [6.07, 6.45) is 41.5. The minimum absolute atomic E-state index is 0.102. The van der Waals surface area contributed by atoms with E-state index in [0.717, 1.165) is 137 Å². The van der Waals surface area contributed by atoms with E-state index in [0.29, 0.717) is 34.4 Å². The topological polar surface area (TPSA) is 9.23 Å². The van der Waals surface area contributed by atoms with Gasteiger partial charge in [-0.1, -0.05) is 295 Å². The molecule has 1 nitrogen and oxygen atoms in total. The highest BCUT2D eigenvalue weighted by Crippen LogP contribution is 2.46. The standard InChI is InChI=1S/C28H18F8O.C24H25F.C23H23F.C18H32.C17H30/c1-2-3-15-4-6-16(7-5-15)17-8-9-20(21(29)10-17)18-11-22(30)26(23(31)12-18)28(35,36)37-19-13-24(32)27(34)25(33)14-19;1-3-5-6-19-9-13-21(14-10-19)23-16-15-22(17-24(23)25)20-11-7-18(4-2)8-12-20;1-3-5-18-8-12-20(13-9-18)22-15-14-21(16-23(22)24)19-10-6-17(4-2)7-11-19;1-3-5-15-7-11-17(12-8-15)18-13-9-16(6-4-2)10-14-18;1-3-5-15-8-12-17(13-9-15)16-10-6-14(4-2)7-11-16/h4-14H,2-3H2,1H3;7-17H,3-6H2,1-2H3;6-16H,3-5H2,1-2H3;3,5,15-18H,4,6-14H2,1-2H3;4,14-17H,2-3,5-13H2,1H3/b;;;5-3+;. The third kappa shape index (κ3) is 27.1. The van der Waals surface area contributed by atoms with Gasteiger partial charge in [0.2, 0.25) is 0 Å². The Balaban J connectivity index is 0.000000163. The van der Waals surface area contributed by atoms with Crippen LogP contribution in [0, 0.1) is 93.9 Å². The molecule has 10 aromatic rings. The molecule has 0 radical (unpaired) electrons. The molecule has 0 amide bonds. The fourth-order valence-corrected chi connectivity index (χ4v) is 18.6. The average molecular weight is 1660 g/mol. The first-order valence-corrected chi connectivity index (χ1v) is 45.4. The Labute approximate surface area is 717 Å². The highest BCUT2D eigenvalue weighted by molar-refractivity contribution is 5.74. The largest absolute Gasteiger partial charge is 0.432 e. The number of alkyl halides is 2. The molecular weight excluding hydrogens is 1530 g/mol. The molecule has 0 N–H and O–H groups in total. The second-order valence-electron chi connectivity index (χ2n) is 34.3. The lowest BCUT2D eigenvalue weighted by Gasteiger charge is -2.37. The average Bonchev–Trinajstić information content (AvgIpc) is 0.773. The lowest BCUT2D eigenvalue weighted by molar-refractivity contribution is -0.189. The molecule has 0 spiro atoms. The maximum atomic E-state index is 14.9. The first-order valence-electron chi connectivity index (χ1n) is 45.4. The lowest BCUT2D eigenvalue weighted by atomic mass is 9.69. The molecule has 0 aromatic heterocycles. The van der Waals surface area contributed by atoms with Crippen molar-refractivity contribution in [2.24, 2.45) is 47.3 Å². The molecule has 121 heavy (non-hydrogen) atoms. The summed E-state index contributed by atoms with van der Waals surface area (Å²) in [4.78, 5) is 0. The van der Waals surface area contributed by atoms with Crippen LogP contribution >= 0.6 is 0 Å². The summed E-state index contributed by atoms with van der Waals surface area (Å²) in [6.45, 7) is 21.5. The fraction of sp³-hybridized carbons (Fsp3) is 0.418. The van der Waals surface area contributed by atoms with Crippen LogP contribution in [-0.2, 0) is 38.2 Å². The normalized spacial score (nSPS) is 19.1. The van der Waals surface area contributed by atoms with E-state index < -0.39 is 52.3 Å². The Morgan fingerprint density at radius 3 is 0.959 bits per heavy atom. The number of rotatable bonds is 26. The number of hydrogen-bond acceptors (Lipinski definition) is 1. The van der Waals surface area contributed by atoms with Gasteiger partial charge < -0.3 is 4.74 Å². The van der Waals surface area contributed by atoms with Crippen molar-refractivity contribution in [1.29, 1.82) is 0 Å². The zero-order valence-electron chi connectivity index (χ0n) is 72.8. The van der Waals surface area contributed by atoms with Crippen molar-refractivity contribution in [3.05, 3.63) is 305 Å². The molecule has 4 saturated carbocycles. The Bertz CT molecular complexity index is 4770. The van der Waals surface area contributed by atoms with Gasteiger partial charge in [0, 0.05) is 28.8 Å². The van der Waals surface area contributed by atoms with Crippen molar-refractivity contribution >= 4 is 0 Å². The highest BCUT2D eigenvalue weighted by Gasteiger charge is 2.42. The fourth-order valence-electron chi connectivity index (χ4n) is 18.6. The Morgan fingerprint density at radius 1 is 0.322 bits per heavy atom. The predicted octanol–water partition coefficient (Wildman–Crippen LogP) is 34.2. The Kier molecular flexibility index (Phi) is 36.9. The van der Waals surface area contributed by atoms with Gasteiger partial charge in [-0.3, -0.25) is 0 Å². The van der Waals surface area contributed by atoms with E-state index in [1.165, 1.54) is 163 Å². The first-order chi connectivity index (χ1) is 58.6. The number of unbranched alkanes of at least 4 members (excludes halogenated alkanes) is 1. The zero-order valence-corrected chi connectivity index (χ0v) is 72.8. The van der Waals surface area contributed by atoms with Crippen molar-refractivity contribution < 1.29 is 48.6 Å². The monoisotopic (exact) mass is 1650 g/mol. The maximum absolute atomic E-state index is 14.9. The number of benzene rings is 10. The highest BCUT2D eigenvalue weighted by atomic mass is 19.3. The molecule has 4 aliphatic rings. The minimum atomic E-state index is -4.74. The van der Waals surface area contributed by atoms with Crippen molar-refractivity contribution in [3.63, 3.8) is 0 Å². The van der Waals surface area contributed by atoms with E-state index >= 15 is 0 Å². The van der Waals surface area contributed by atoms with Gasteiger partial charge in [0.05, 0.1) is 0 Å². The molecule has 0 saturated heterocycles. The van der Waals surface area contributed by atoms with E-state index in [-0.39, 0.29) is 34.9 Å². The van der Waals surface area contributed by atoms with E-state index in [4.69, 9.17) is 0 Å². The van der Waals surface area contributed by atoms with E-state index in [9.17, 15) is 43.9 Å². The predicted molar refractivity (Wildman–Crippen MR) is 485 cm³/mol. The maximum Gasteiger partial charge on any atom is 0.432 e. The summed E-state index contributed by atoms with van der Waals surface area (Å²) in [5.74, 6) is -3.38. The van der Waals surface area contributed by atoms with Crippen molar-refractivity contribution in [2.45, 2.75) is 248 Å². The second kappa shape index (κ2) is 47.4. The minimum Gasteiger partial charge on any atom is -0.429 e. The number of halogens is 10. The van der Waals surface area contributed by atoms with Crippen molar-refractivity contribution in [2.75, 3.05) is 0 Å². The molecule has 14 rings (SSSR count). The van der Waals surface area contributed by atoms with Gasteiger partial charge in [-0.15, -0.1) is 6.58 Å². The number of ether oxygens (including phenoxy) is 1. The molecule has 0 heterocycles. The molecule has 0 unspecified atom stereocenters. The van der Waals surface area contributed by atoms with E-state index in [1.807, 2.05) is 79.7 Å². The Hall–Kier alpha value is -9.22. The SMILES string of the molecule is C/C=C/C1CCC(C2CCC(CCC)CC2)CC1.C=CC1CCC(C2CCC(CCC)CC2)CC1.CCCCc1ccc(-c2ccc(-c3ccc(CC)cc3)cc2F)cc1.CCCc1ccc(-c2ccc(-c3cc(F)c(C(F)(F)Oc4cc(F)c(F)c(F)c4)c(F)c3)c(F)c2)cc1.CCCc1ccc(-c2ccc(-c3ccc(CC)cc3)cc2F)cc1. The summed E-state index contributed by atoms with van der Waals surface area (Å²) >= 11 is 0. The Morgan fingerprint density at radius 2 is 0.636 bits per heavy atom. The zero-order chi connectivity index (χ0) is 86.4. The van der Waals surface area contributed by atoms with Crippen LogP contribution in [0.2, 0.25) is 0 Å². The van der Waals surface area contributed by atoms with E-state index in [2.05, 4.69) is 151 Å². The number of hydrogen-bond donors (Lipinski definition) is 0. The van der Waals surface area contributed by atoms with Crippen LogP contribution in [0.25, 0.3) is 66.8 Å².